The molecule has 5 heterocycles. The molecule has 5 aromatic rings. The first-order valence-electron chi connectivity index (χ1n) is 13.5. The summed E-state index contributed by atoms with van der Waals surface area (Å²) in [6.07, 6.45) is 2.32. The number of nitrogens with zero attached hydrogens (tertiary/aromatic N) is 6. The van der Waals surface area contributed by atoms with E-state index in [4.69, 9.17) is 19.1 Å². The number of anilines is 1. The number of aromatic nitrogens is 5. The van der Waals surface area contributed by atoms with Crippen LogP contribution in [0.2, 0.25) is 0 Å². The Bertz CT molecular complexity index is 1840. The van der Waals surface area contributed by atoms with E-state index in [2.05, 4.69) is 20.6 Å². The highest BCUT2D eigenvalue weighted by Gasteiger charge is 2.37. The van der Waals surface area contributed by atoms with E-state index < -0.39 is 29.9 Å². The Morgan fingerprint density at radius 3 is 2.77 bits per heavy atom. The van der Waals surface area contributed by atoms with Crippen molar-refractivity contribution in [2.24, 2.45) is 7.05 Å². The van der Waals surface area contributed by atoms with Gasteiger partial charge in [0.05, 0.1) is 24.0 Å². The van der Waals surface area contributed by atoms with E-state index >= 15 is 0 Å². The molecule has 1 aromatic carbocycles. The molecule has 2 atom stereocenters. The lowest BCUT2D eigenvalue weighted by atomic mass is 10.0. The molecule has 0 radical (unpaired) electrons. The molecule has 2 amide bonds. The SMILES string of the molecule is COCCN1C[C@@H](NC(=O)Nc2c(C)c(-c3cnc4c(c3)oc(=O)n4C)nn2-c2ccccc2)[C@H](c2ccnc(F)c2)O1. The minimum absolute atomic E-state index is 0.323. The van der Waals surface area contributed by atoms with Crippen molar-refractivity contribution in [1.82, 2.24) is 34.7 Å². The number of para-hydroxylation sites is 1. The van der Waals surface area contributed by atoms with Crippen LogP contribution >= 0.6 is 0 Å². The molecule has 0 spiro atoms. The number of hydrogen-bond donors (Lipinski definition) is 2. The van der Waals surface area contributed by atoms with Gasteiger partial charge in [0.25, 0.3) is 0 Å². The molecule has 14 heteroatoms. The number of rotatable bonds is 8. The number of aryl methyl sites for hydroxylation is 1. The molecule has 1 saturated heterocycles. The molecular weight excluding hydrogens is 559 g/mol. The Hall–Kier alpha value is -4.92. The van der Waals surface area contributed by atoms with Gasteiger partial charge in [0, 0.05) is 50.8 Å². The van der Waals surface area contributed by atoms with Gasteiger partial charge >= 0.3 is 11.8 Å². The number of hydrogen-bond acceptors (Lipinski definition) is 9. The lowest BCUT2D eigenvalue weighted by Crippen LogP contribution is -2.42. The maximum absolute atomic E-state index is 14.0. The van der Waals surface area contributed by atoms with E-state index in [0.717, 1.165) is 0 Å². The van der Waals surface area contributed by atoms with Crippen molar-refractivity contribution in [3.05, 3.63) is 88.5 Å². The molecule has 0 bridgehead atoms. The molecule has 222 valence electrons. The number of hydroxylamine groups is 2. The topological polar surface area (TPSA) is 142 Å². The van der Waals surface area contributed by atoms with Crippen LogP contribution in [0, 0.1) is 12.9 Å². The summed E-state index contributed by atoms with van der Waals surface area (Å²) >= 11 is 0. The number of pyridine rings is 2. The average molecular weight is 589 g/mol. The number of benzene rings is 1. The minimum atomic E-state index is -0.644. The summed E-state index contributed by atoms with van der Waals surface area (Å²) in [6, 6.07) is 13.0. The quantitative estimate of drug-likeness (QED) is 0.261. The predicted octanol–water partition coefficient (Wildman–Crippen LogP) is 3.35. The van der Waals surface area contributed by atoms with Crippen LogP contribution in [-0.4, -0.2) is 68.3 Å². The highest BCUT2D eigenvalue weighted by molar-refractivity contribution is 5.91. The third-order valence-corrected chi connectivity index (χ3v) is 7.22. The maximum atomic E-state index is 14.0. The van der Waals surface area contributed by atoms with Gasteiger partial charge in [0.2, 0.25) is 5.95 Å². The molecule has 4 aromatic heterocycles. The van der Waals surface area contributed by atoms with Crippen molar-refractivity contribution in [1.29, 1.82) is 0 Å². The smallest absolute Gasteiger partial charge is 0.406 e. The molecule has 1 aliphatic heterocycles. The fourth-order valence-corrected chi connectivity index (χ4v) is 5.07. The lowest BCUT2D eigenvalue weighted by molar-refractivity contribution is -0.154. The summed E-state index contributed by atoms with van der Waals surface area (Å²) in [5.74, 6) is -0.735. The van der Waals surface area contributed by atoms with Crippen LogP contribution in [0.1, 0.15) is 17.2 Å². The van der Waals surface area contributed by atoms with Gasteiger partial charge in [0.1, 0.15) is 11.9 Å². The average Bonchev–Trinajstić information content (AvgIpc) is 3.65. The highest BCUT2D eigenvalue weighted by Crippen LogP contribution is 2.32. The first-order valence-corrected chi connectivity index (χ1v) is 13.5. The van der Waals surface area contributed by atoms with Crippen LogP contribution in [0.25, 0.3) is 28.2 Å². The van der Waals surface area contributed by atoms with Gasteiger partial charge in [-0.15, -0.1) is 0 Å². The molecule has 13 nitrogen and oxygen atoms in total. The zero-order valence-corrected chi connectivity index (χ0v) is 23.7. The van der Waals surface area contributed by atoms with Crippen molar-refractivity contribution in [2.75, 3.05) is 32.1 Å². The summed E-state index contributed by atoms with van der Waals surface area (Å²) in [5.41, 5.74) is 3.80. The highest BCUT2D eigenvalue weighted by atomic mass is 19.1. The predicted molar refractivity (Wildman–Crippen MR) is 154 cm³/mol. The molecule has 1 aliphatic rings. The van der Waals surface area contributed by atoms with Crippen LogP contribution in [0.4, 0.5) is 15.0 Å². The van der Waals surface area contributed by atoms with E-state index in [1.165, 1.54) is 16.8 Å². The van der Waals surface area contributed by atoms with Crippen LogP contribution in [0.3, 0.4) is 0 Å². The second kappa shape index (κ2) is 11.8. The van der Waals surface area contributed by atoms with Crippen molar-refractivity contribution in [2.45, 2.75) is 19.1 Å². The standard InChI is InChI=1S/C29H29FN8O5/c1-17-24(19-13-22-27(32-15-19)36(2)29(40)42-22)35-38(20-7-5-4-6-8-20)26(17)34-28(39)33-21-16-37(11-12-41-3)43-25(21)18-9-10-31-23(30)14-18/h4-10,13-15,21,25H,11-12,16H2,1-3H3,(H2,33,34,39)/t21-,25+/m1/s1. The molecular formula is C29H29FN8O5. The number of methoxy groups -OCH3 is 1. The Morgan fingerprint density at radius 1 is 1.19 bits per heavy atom. The summed E-state index contributed by atoms with van der Waals surface area (Å²) in [7, 11) is 3.17. The van der Waals surface area contributed by atoms with E-state index in [1.807, 2.05) is 37.3 Å². The van der Waals surface area contributed by atoms with Crippen LogP contribution in [0.5, 0.6) is 0 Å². The van der Waals surface area contributed by atoms with Gasteiger partial charge in [0.15, 0.2) is 11.2 Å². The fourth-order valence-electron chi connectivity index (χ4n) is 5.07. The number of halogens is 1. The first-order chi connectivity index (χ1) is 20.8. The van der Waals surface area contributed by atoms with E-state index in [0.29, 0.717) is 64.8 Å². The first kappa shape index (κ1) is 28.2. The third-order valence-electron chi connectivity index (χ3n) is 7.22. The molecule has 0 saturated carbocycles. The van der Waals surface area contributed by atoms with Crippen LogP contribution in [-0.2, 0) is 16.6 Å². The molecule has 6 rings (SSSR count). The number of urea groups is 1. The Kier molecular flexibility index (Phi) is 7.71. The lowest BCUT2D eigenvalue weighted by Gasteiger charge is -2.19. The van der Waals surface area contributed by atoms with Crippen molar-refractivity contribution < 1.29 is 23.2 Å². The Labute approximate surface area is 244 Å². The Balaban J connectivity index is 1.31. The number of carbonyl (C=O) groups excluding carboxylic acids is 1. The molecule has 2 N–H and O–H groups in total. The molecule has 0 unspecified atom stereocenters. The summed E-state index contributed by atoms with van der Waals surface area (Å²) in [6.45, 7) is 3.06. The van der Waals surface area contributed by atoms with Crippen molar-refractivity contribution in [3.63, 3.8) is 0 Å². The maximum Gasteiger partial charge on any atom is 0.420 e. The minimum Gasteiger partial charge on any atom is -0.406 e. The van der Waals surface area contributed by atoms with Crippen molar-refractivity contribution >= 4 is 23.1 Å². The van der Waals surface area contributed by atoms with E-state index in [1.54, 1.807) is 42.2 Å². The van der Waals surface area contributed by atoms with Gasteiger partial charge in [-0.2, -0.15) is 14.6 Å². The van der Waals surface area contributed by atoms with Gasteiger partial charge in [-0.05, 0) is 42.8 Å². The zero-order valence-electron chi connectivity index (χ0n) is 23.7. The number of oxazole rings is 1. The normalized spacial score (nSPS) is 17.0. The number of fused-ring (bicyclic) bond motifs is 1. The Morgan fingerprint density at radius 2 is 2.00 bits per heavy atom. The van der Waals surface area contributed by atoms with Crippen LogP contribution < -0.4 is 16.4 Å². The van der Waals surface area contributed by atoms with Gasteiger partial charge in [-0.25, -0.2) is 24.2 Å². The fraction of sp³-hybridized carbons (Fsp3) is 0.276. The monoisotopic (exact) mass is 588 g/mol. The van der Waals surface area contributed by atoms with E-state index in [-0.39, 0.29) is 0 Å². The number of ether oxygens (including phenoxy) is 1. The van der Waals surface area contributed by atoms with Gasteiger partial charge in [-0.3, -0.25) is 14.7 Å². The number of amides is 2. The second-order valence-corrected chi connectivity index (χ2v) is 10.1. The molecule has 1 fully saturated rings. The zero-order chi connectivity index (χ0) is 30.1. The summed E-state index contributed by atoms with van der Waals surface area (Å²) in [4.78, 5) is 39.6. The number of nitrogens with one attached hydrogen (secondary N) is 2. The largest absolute Gasteiger partial charge is 0.420 e. The number of carbonyl (C=O) groups is 1. The van der Waals surface area contributed by atoms with E-state index in [9.17, 15) is 14.0 Å². The second-order valence-electron chi connectivity index (χ2n) is 10.1. The summed E-state index contributed by atoms with van der Waals surface area (Å²) in [5, 5.41) is 12.4. The third kappa shape index (κ3) is 5.62. The van der Waals surface area contributed by atoms with Crippen LogP contribution in [0.15, 0.2) is 70.1 Å². The van der Waals surface area contributed by atoms with Gasteiger partial charge in [-0.1, -0.05) is 18.2 Å². The molecule has 43 heavy (non-hydrogen) atoms. The van der Waals surface area contributed by atoms with Gasteiger partial charge < -0.3 is 14.5 Å². The molecule has 0 aliphatic carbocycles. The summed E-state index contributed by atoms with van der Waals surface area (Å²) < 4.78 is 27.4. The van der Waals surface area contributed by atoms with Crippen molar-refractivity contribution in [3.8, 4) is 16.9 Å².